The number of aryl methyl sites for hydroxylation is 1. The summed E-state index contributed by atoms with van der Waals surface area (Å²) in [5, 5.41) is 0.681. The van der Waals surface area contributed by atoms with Crippen molar-refractivity contribution in [1.29, 1.82) is 0 Å². The average Bonchev–Trinajstić information content (AvgIpc) is 3.29. The van der Waals surface area contributed by atoms with E-state index >= 15 is 0 Å². The third-order valence-corrected chi connectivity index (χ3v) is 8.68. The van der Waals surface area contributed by atoms with Gasteiger partial charge in [0, 0.05) is 23.7 Å². The van der Waals surface area contributed by atoms with Gasteiger partial charge in [0.05, 0.1) is 11.3 Å². The summed E-state index contributed by atoms with van der Waals surface area (Å²) in [5.41, 5.74) is 6.04. The highest BCUT2D eigenvalue weighted by molar-refractivity contribution is 7.13. The second kappa shape index (κ2) is 12.7. The van der Waals surface area contributed by atoms with Crippen LogP contribution >= 0.6 is 11.3 Å². The summed E-state index contributed by atoms with van der Waals surface area (Å²) < 4.78 is 6.04. The third kappa shape index (κ3) is 6.43. The van der Waals surface area contributed by atoms with Crippen molar-refractivity contribution in [2.75, 3.05) is 19.7 Å². The van der Waals surface area contributed by atoms with Gasteiger partial charge >= 0.3 is 5.97 Å². The van der Waals surface area contributed by atoms with Gasteiger partial charge in [0.15, 0.2) is 0 Å². The zero-order valence-electron chi connectivity index (χ0n) is 23.7. The van der Waals surface area contributed by atoms with Crippen molar-refractivity contribution in [1.82, 2.24) is 9.88 Å². The van der Waals surface area contributed by atoms with Crippen LogP contribution in [0.25, 0.3) is 11.6 Å². The number of nitrogens with zero attached hydrogens (tertiary/aromatic N) is 2. The lowest BCUT2D eigenvalue weighted by molar-refractivity contribution is -0.135. The van der Waals surface area contributed by atoms with Gasteiger partial charge in [-0.1, -0.05) is 73.3 Å². The Balaban J connectivity index is 0.00000186. The SMILES string of the molecule is C=C/C=C\c1nc(/C2=C/C(=C)/C=C3\C4=C(/COC2=O)C(C)CCCCN4CCC3(C)C)sc1CC.CC. The summed E-state index contributed by atoms with van der Waals surface area (Å²) >= 11 is 1.55. The molecule has 0 radical (unpaired) electrons. The van der Waals surface area contributed by atoms with Crippen molar-refractivity contribution in [2.24, 2.45) is 11.3 Å². The molecular weight excluding hydrogens is 476 g/mol. The van der Waals surface area contributed by atoms with Crippen LogP contribution < -0.4 is 0 Å². The Hall–Kier alpha value is -2.66. The largest absolute Gasteiger partial charge is 0.457 e. The van der Waals surface area contributed by atoms with Crippen molar-refractivity contribution in [3.05, 3.63) is 75.5 Å². The Morgan fingerprint density at radius 3 is 2.70 bits per heavy atom. The molecule has 0 bridgehead atoms. The molecule has 1 aromatic rings. The van der Waals surface area contributed by atoms with Crippen LogP contribution in [0.5, 0.6) is 0 Å². The fourth-order valence-electron chi connectivity index (χ4n) is 5.25. The molecule has 0 N–H and O–H groups in total. The molecule has 5 heteroatoms. The van der Waals surface area contributed by atoms with Crippen molar-refractivity contribution < 1.29 is 9.53 Å². The second-order valence-electron chi connectivity index (χ2n) is 10.4. The molecule has 1 unspecified atom stereocenters. The number of carbonyl (C=O) groups excluding carboxylic acids is 1. The first-order chi connectivity index (χ1) is 17.7. The number of piperidine rings is 1. The number of rotatable bonds is 4. The smallest absolute Gasteiger partial charge is 0.341 e. The van der Waals surface area contributed by atoms with E-state index in [0.29, 0.717) is 23.1 Å². The Kier molecular flexibility index (Phi) is 9.94. The molecule has 3 aliphatic rings. The summed E-state index contributed by atoms with van der Waals surface area (Å²) in [6, 6.07) is 0. The molecule has 1 saturated heterocycles. The van der Waals surface area contributed by atoms with Crippen LogP contribution in [0.3, 0.4) is 0 Å². The van der Waals surface area contributed by atoms with Crippen molar-refractivity contribution in [3.8, 4) is 0 Å². The molecule has 1 atom stereocenters. The maximum atomic E-state index is 13.5. The molecule has 0 aromatic carbocycles. The zero-order valence-corrected chi connectivity index (χ0v) is 24.5. The number of thiazole rings is 1. The zero-order chi connectivity index (χ0) is 27.2. The summed E-state index contributed by atoms with van der Waals surface area (Å²) in [6.07, 6.45) is 15.1. The molecule has 3 aliphatic heterocycles. The Morgan fingerprint density at radius 2 is 2.00 bits per heavy atom. The minimum absolute atomic E-state index is 0.0232. The molecule has 0 aliphatic carbocycles. The molecule has 37 heavy (non-hydrogen) atoms. The number of esters is 1. The average molecular weight is 521 g/mol. The van der Waals surface area contributed by atoms with Crippen molar-refractivity contribution in [3.63, 3.8) is 0 Å². The standard InChI is InChI=1S/C30H38N2O2S.C2H6/c1-7-9-13-25-26(8-2)35-28(31-25)22-17-20(3)18-24-27-23(19-34-29(22)33)21(4)12-10-11-15-32(27)16-14-30(24,5)6;1-2/h7,9,13,17-18,21H,1,3,8,10-12,14-16,19H2,2,4-6H3;1-2H3/b13-9-,22-17-,24-18+,27-23-;. The molecule has 0 spiro atoms. The summed E-state index contributed by atoms with van der Waals surface area (Å²) in [4.78, 5) is 21.9. The Labute approximate surface area is 228 Å². The van der Waals surface area contributed by atoms with Crippen LogP contribution in [-0.2, 0) is 16.0 Å². The van der Waals surface area contributed by atoms with Crippen LogP contribution in [0.15, 0.2) is 59.9 Å². The maximum absolute atomic E-state index is 13.5. The molecule has 4 rings (SSSR count). The lowest BCUT2D eigenvalue weighted by Gasteiger charge is -2.46. The number of ether oxygens (including phenoxy) is 1. The summed E-state index contributed by atoms with van der Waals surface area (Å²) in [7, 11) is 0. The fourth-order valence-corrected chi connectivity index (χ4v) is 6.24. The quantitative estimate of drug-likeness (QED) is 0.297. The molecule has 200 valence electrons. The fraction of sp³-hybridized carbons (Fsp3) is 0.500. The van der Waals surface area contributed by atoms with E-state index in [2.05, 4.69) is 51.8 Å². The van der Waals surface area contributed by atoms with Crippen molar-refractivity contribution >= 4 is 29.0 Å². The number of hydrogen-bond acceptors (Lipinski definition) is 5. The van der Waals surface area contributed by atoms with Crippen LogP contribution in [-0.4, -0.2) is 35.5 Å². The number of carbonyl (C=O) groups is 1. The van der Waals surface area contributed by atoms with Gasteiger partial charge in [-0.15, -0.1) is 11.3 Å². The number of hydrogen-bond donors (Lipinski definition) is 0. The van der Waals surface area contributed by atoms with Crippen LogP contribution in [0, 0.1) is 11.3 Å². The highest BCUT2D eigenvalue weighted by atomic mass is 32.1. The van der Waals surface area contributed by atoms with E-state index in [1.807, 2.05) is 32.1 Å². The third-order valence-electron chi connectivity index (χ3n) is 7.43. The van der Waals surface area contributed by atoms with Gasteiger partial charge in [0.1, 0.15) is 11.6 Å². The summed E-state index contributed by atoms with van der Waals surface area (Å²) in [5.74, 6) is 0.0304. The topological polar surface area (TPSA) is 42.4 Å². The van der Waals surface area contributed by atoms with Gasteiger partial charge in [-0.2, -0.15) is 0 Å². The first-order valence-electron chi connectivity index (χ1n) is 13.8. The molecule has 1 aromatic heterocycles. The molecule has 4 nitrogen and oxygen atoms in total. The van der Waals surface area contributed by atoms with Gasteiger partial charge in [0.25, 0.3) is 0 Å². The highest BCUT2D eigenvalue weighted by Crippen LogP contribution is 2.46. The van der Waals surface area contributed by atoms with Gasteiger partial charge in [0.2, 0.25) is 0 Å². The predicted molar refractivity (Wildman–Crippen MR) is 158 cm³/mol. The second-order valence-corrected chi connectivity index (χ2v) is 11.5. The van der Waals surface area contributed by atoms with Gasteiger partial charge in [-0.25, -0.2) is 9.78 Å². The molecular formula is C32H44N2O2S. The molecule has 1 fully saturated rings. The lowest BCUT2D eigenvalue weighted by atomic mass is 9.72. The van der Waals surface area contributed by atoms with E-state index in [4.69, 9.17) is 9.72 Å². The minimum atomic E-state index is -0.331. The molecule has 0 amide bonds. The summed E-state index contributed by atoms with van der Waals surface area (Å²) in [6.45, 7) is 23.6. The van der Waals surface area contributed by atoms with Crippen LogP contribution in [0.2, 0.25) is 0 Å². The van der Waals surface area contributed by atoms with Gasteiger partial charge in [-0.05, 0) is 72.0 Å². The maximum Gasteiger partial charge on any atom is 0.341 e. The monoisotopic (exact) mass is 520 g/mol. The van der Waals surface area contributed by atoms with Crippen LogP contribution in [0.1, 0.15) is 82.8 Å². The van der Waals surface area contributed by atoms with E-state index in [9.17, 15) is 4.79 Å². The van der Waals surface area contributed by atoms with Crippen LogP contribution in [0.4, 0.5) is 0 Å². The number of aromatic nitrogens is 1. The predicted octanol–water partition coefficient (Wildman–Crippen LogP) is 8.16. The Bertz CT molecular complexity index is 1150. The number of cyclic esters (lactones) is 1. The lowest BCUT2D eigenvalue weighted by Crippen LogP contribution is -2.41. The molecule has 4 heterocycles. The van der Waals surface area contributed by atoms with Gasteiger partial charge < -0.3 is 9.64 Å². The van der Waals surface area contributed by atoms with E-state index in [1.165, 1.54) is 29.7 Å². The van der Waals surface area contributed by atoms with E-state index in [-0.39, 0.29) is 11.4 Å². The van der Waals surface area contributed by atoms with E-state index < -0.39 is 0 Å². The highest BCUT2D eigenvalue weighted by Gasteiger charge is 2.38. The number of allylic oxidation sites excluding steroid dienone is 6. The van der Waals surface area contributed by atoms with Crippen molar-refractivity contribution in [2.45, 2.75) is 73.6 Å². The first-order valence-corrected chi connectivity index (χ1v) is 14.6. The van der Waals surface area contributed by atoms with E-state index in [1.54, 1.807) is 17.4 Å². The minimum Gasteiger partial charge on any atom is -0.457 e. The normalized spacial score (nSPS) is 26.9. The van der Waals surface area contributed by atoms with E-state index in [0.717, 1.165) is 48.5 Å². The van der Waals surface area contributed by atoms with Gasteiger partial charge in [-0.3, -0.25) is 0 Å². The first kappa shape index (κ1) is 28.9. The Morgan fingerprint density at radius 1 is 1.24 bits per heavy atom. The molecule has 0 saturated carbocycles.